The third kappa shape index (κ3) is 5.89. The van der Waals surface area contributed by atoms with Crippen LogP contribution in [0.15, 0.2) is 0 Å². The highest BCUT2D eigenvalue weighted by atomic mass is 28.4. The van der Waals surface area contributed by atoms with Crippen LogP contribution in [0.5, 0.6) is 0 Å². The van der Waals surface area contributed by atoms with Gasteiger partial charge < -0.3 is 4.12 Å². The predicted octanol–water partition coefficient (Wildman–Crippen LogP) is -2.48. The van der Waals surface area contributed by atoms with Crippen molar-refractivity contribution in [2.45, 2.75) is 0 Å². The van der Waals surface area contributed by atoms with Gasteiger partial charge in [0.25, 0.3) is 0 Å². The molecule has 0 spiro atoms. The molecule has 0 atom stereocenters. The molecule has 6 N–H and O–H groups in total. The van der Waals surface area contributed by atoms with Crippen molar-refractivity contribution >= 4 is 18.0 Å². The van der Waals surface area contributed by atoms with Crippen LogP contribution in [0.2, 0.25) is 0 Å². The molecule has 4 nitrogen and oxygen atoms in total. The summed E-state index contributed by atoms with van der Waals surface area (Å²) < 4.78 is 4.51. The SMILES string of the molecule is C#[Si]O[Si](N)(N)N. The smallest absolute Gasteiger partial charge is 0.490 e. The summed E-state index contributed by atoms with van der Waals surface area (Å²) in [6.45, 7) is 0. The molecule has 6 heteroatoms. The van der Waals surface area contributed by atoms with E-state index in [-0.39, 0.29) is 9.20 Å². The molecule has 7 heavy (non-hydrogen) atoms. The molecular formula is CH7N3OSi2. The van der Waals surface area contributed by atoms with Gasteiger partial charge in [-0.05, 0) is 0 Å². The molecule has 0 unspecified atom stereocenters. The van der Waals surface area contributed by atoms with Gasteiger partial charge in [-0.2, -0.15) is 0 Å². The van der Waals surface area contributed by atoms with Crippen molar-refractivity contribution < 1.29 is 4.12 Å². The normalized spacial score (nSPS) is 10.0. The summed E-state index contributed by atoms with van der Waals surface area (Å²) in [7, 11) is -2.97. The summed E-state index contributed by atoms with van der Waals surface area (Å²) in [5.74, 6) is 0. The molecule has 0 aromatic rings. The molecule has 0 saturated heterocycles. The Morgan fingerprint density at radius 3 is 1.86 bits per heavy atom. The zero-order chi connectivity index (χ0) is 5.91. The molecule has 0 aromatic carbocycles. The minimum Gasteiger partial charge on any atom is -0.523 e. The highest BCUT2D eigenvalue weighted by Gasteiger charge is 2.18. The van der Waals surface area contributed by atoms with E-state index in [1.54, 1.807) is 0 Å². The number of hydrogen-bond donors (Lipinski definition) is 3. The number of hydrogen-bond acceptors (Lipinski definition) is 4. The molecule has 0 fully saturated rings. The van der Waals surface area contributed by atoms with E-state index in [1.165, 1.54) is 0 Å². The first-order valence-corrected chi connectivity index (χ1v) is 4.69. The van der Waals surface area contributed by atoms with Gasteiger partial charge in [0.15, 0.2) is 0 Å². The zero-order valence-corrected chi connectivity index (χ0v) is 5.72. The maximum atomic E-state index is 5.05. The molecule has 0 amide bonds. The van der Waals surface area contributed by atoms with Gasteiger partial charge in [-0.3, -0.25) is 16.2 Å². The first kappa shape index (κ1) is 6.89. The van der Waals surface area contributed by atoms with E-state index >= 15 is 0 Å². The molecule has 40 valence electrons. The Morgan fingerprint density at radius 2 is 1.86 bits per heavy atom. The third-order valence-electron chi connectivity index (χ3n) is 0.236. The monoisotopic (exact) mass is 133 g/mol. The van der Waals surface area contributed by atoms with Crippen LogP contribution in [0.25, 0.3) is 0 Å². The minimum absolute atomic E-state index is 0.204. The van der Waals surface area contributed by atoms with Crippen molar-refractivity contribution in [3.8, 4) is 6.00 Å². The van der Waals surface area contributed by atoms with E-state index in [9.17, 15) is 0 Å². The van der Waals surface area contributed by atoms with Crippen LogP contribution in [-0.4, -0.2) is 18.0 Å². The molecule has 0 saturated carbocycles. The summed E-state index contributed by atoms with van der Waals surface area (Å²) in [5, 5.41) is 15.1. The van der Waals surface area contributed by atoms with E-state index < -0.39 is 8.80 Å². The van der Waals surface area contributed by atoms with Crippen LogP contribution in [0.3, 0.4) is 0 Å². The Bertz CT molecular complexity index is 90.1. The third-order valence-corrected chi connectivity index (χ3v) is 2.12. The molecule has 0 aromatic heterocycles. The van der Waals surface area contributed by atoms with Gasteiger partial charge in [0.05, 0.1) is 0 Å². The maximum absolute atomic E-state index is 5.05. The zero-order valence-electron chi connectivity index (χ0n) is 3.72. The van der Waals surface area contributed by atoms with E-state index in [2.05, 4.69) is 4.12 Å². The molecular weight excluding hydrogens is 126 g/mol. The van der Waals surface area contributed by atoms with Crippen LogP contribution >= 0.6 is 0 Å². The number of rotatable bonds is 1. The molecule has 0 aliphatic heterocycles. The van der Waals surface area contributed by atoms with Gasteiger partial charge in [-0.15, -0.1) is 6.00 Å². The summed E-state index contributed by atoms with van der Waals surface area (Å²) >= 11 is 0. The van der Waals surface area contributed by atoms with E-state index in [4.69, 9.17) is 22.2 Å². The van der Waals surface area contributed by atoms with Crippen LogP contribution < -0.4 is 16.2 Å². The van der Waals surface area contributed by atoms with Gasteiger partial charge in [-0.1, -0.05) is 0 Å². The Kier molecular flexibility index (Phi) is 2.23. The van der Waals surface area contributed by atoms with E-state index in [1.807, 2.05) is 0 Å². The lowest BCUT2D eigenvalue weighted by Crippen LogP contribution is -2.67. The Hall–Kier alpha value is -0.106. The Morgan fingerprint density at radius 1 is 1.43 bits per heavy atom. The lowest BCUT2D eigenvalue weighted by molar-refractivity contribution is 0.592. The van der Waals surface area contributed by atoms with Crippen molar-refractivity contribution in [3.05, 3.63) is 0 Å². The summed E-state index contributed by atoms with van der Waals surface area (Å²) in [6.07, 6.45) is 0. The van der Waals surface area contributed by atoms with Crippen LogP contribution in [-0.2, 0) is 4.12 Å². The van der Waals surface area contributed by atoms with Crippen molar-refractivity contribution in [1.29, 1.82) is 0 Å². The summed E-state index contributed by atoms with van der Waals surface area (Å²) in [6, 6.07) is 4.91. The minimum atomic E-state index is -2.77. The van der Waals surface area contributed by atoms with Crippen LogP contribution in [0.4, 0.5) is 0 Å². The number of nitrogens with two attached hydrogens (primary N) is 3. The van der Waals surface area contributed by atoms with Crippen LogP contribution in [0, 0.1) is 6.00 Å². The standard InChI is InChI=1S/CH7N3OSi2/c1-6-5-7(2,3)4/h1H,2-4H2. The molecule has 0 aliphatic carbocycles. The average Bonchev–Trinajstić information content (AvgIpc) is 1.30. The topological polar surface area (TPSA) is 87.3 Å². The second kappa shape index (κ2) is 2.27. The van der Waals surface area contributed by atoms with Gasteiger partial charge >= 0.3 is 8.80 Å². The molecule has 0 bridgehead atoms. The second-order valence-electron chi connectivity index (χ2n) is 1.07. The molecule has 0 radical (unpaired) electrons. The lowest BCUT2D eigenvalue weighted by atomic mass is 12.0. The van der Waals surface area contributed by atoms with Gasteiger partial charge in [-0.25, -0.2) is 0 Å². The highest BCUT2D eigenvalue weighted by molar-refractivity contribution is 6.67. The lowest BCUT2D eigenvalue weighted by Gasteiger charge is -2.09. The van der Waals surface area contributed by atoms with Gasteiger partial charge in [0.1, 0.15) is 0 Å². The highest BCUT2D eigenvalue weighted by Crippen LogP contribution is 1.63. The molecule has 0 heterocycles. The van der Waals surface area contributed by atoms with Crippen molar-refractivity contribution in [2.24, 2.45) is 16.2 Å². The quantitative estimate of drug-likeness (QED) is 0.346. The summed E-state index contributed by atoms with van der Waals surface area (Å²) in [5.41, 5.74) is 0. The Labute approximate surface area is 45.2 Å². The van der Waals surface area contributed by atoms with Gasteiger partial charge in [0.2, 0.25) is 9.20 Å². The fraction of sp³-hybridized carbons (Fsp3) is 0. The summed E-state index contributed by atoms with van der Waals surface area (Å²) in [4.78, 5) is 0. The average molecular weight is 133 g/mol. The molecule has 0 rings (SSSR count). The van der Waals surface area contributed by atoms with Crippen molar-refractivity contribution in [2.75, 3.05) is 0 Å². The second-order valence-corrected chi connectivity index (χ2v) is 3.83. The van der Waals surface area contributed by atoms with E-state index in [0.717, 1.165) is 0 Å². The first-order chi connectivity index (χ1) is 3.06. The van der Waals surface area contributed by atoms with Crippen molar-refractivity contribution in [3.63, 3.8) is 0 Å². The predicted molar refractivity (Wildman–Crippen MR) is 30.1 cm³/mol. The Balaban J connectivity index is 3.40. The fourth-order valence-corrected chi connectivity index (χ4v) is 0.919. The van der Waals surface area contributed by atoms with Gasteiger partial charge in [0, 0.05) is 0 Å². The van der Waals surface area contributed by atoms with Crippen molar-refractivity contribution in [1.82, 2.24) is 0 Å². The maximum Gasteiger partial charge on any atom is 0.490 e. The van der Waals surface area contributed by atoms with E-state index in [0.29, 0.717) is 0 Å². The largest absolute Gasteiger partial charge is 0.523 e. The molecule has 0 aliphatic rings. The van der Waals surface area contributed by atoms with Crippen LogP contribution in [0.1, 0.15) is 0 Å². The first-order valence-electron chi connectivity index (χ1n) is 1.56. The fourth-order valence-electron chi connectivity index (χ4n) is 0.102.